The van der Waals surface area contributed by atoms with Crippen molar-refractivity contribution in [2.75, 3.05) is 20.6 Å². The maximum Gasteiger partial charge on any atom is 0.143 e. The molecule has 0 aliphatic rings. The Kier molecular flexibility index (Phi) is 5.95. The van der Waals surface area contributed by atoms with Crippen molar-refractivity contribution in [3.63, 3.8) is 0 Å². The summed E-state index contributed by atoms with van der Waals surface area (Å²) in [6.45, 7) is 5.17. The number of rotatable bonds is 8. The Bertz CT molecular complexity index is 656. The van der Waals surface area contributed by atoms with Crippen molar-refractivity contribution < 1.29 is 4.79 Å². The number of nitrogens with zero attached hydrogens (tertiary/aromatic N) is 1. The van der Waals surface area contributed by atoms with Crippen LogP contribution in [0.2, 0.25) is 0 Å². The molecule has 0 saturated heterocycles. The third-order valence-electron chi connectivity index (χ3n) is 4.97. The molecule has 2 aromatic rings. The first-order valence-electron chi connectivity index (χ1n) is 8.71. The van der Waals surface area contributed by atoms with Crippen molar-refractivity contribution in [3.05, 3.63) is 48.0 Å². The van der Waals surface area contributed by atoms with Gasteiger partial charge in [-0.2, -0.15) is 0 Å². The van der Waals surface area contributed by atoms with Gasteiger partial charge < -0.3 is 4.90 Å². The monoisotopic (exact) mass is 311 g/mol. The molecular formula is C21H29NO. The van der Waals surface area contributed by atoms with Crippen LogP contribution in [0.1, 0.15) is 45.1 Å². The average molecular weight is 311 g/mol. The number of benzene rings is 2. The molecule has 0 radical (unpaired) electrons. The number of hydrogen-bond acceptors (Lipinski definition) is 2. The zero-order valence-corrected chi connectivity index (χ0v) is 14.9. The third kappa shape index (κ3) is 3.64. The van der Waals surface area contributed by atoms with Crippen molar-refractivity contribution in [2.24, 2.45) is 0 Å². The van der Waals surface area contributed by atoms with Gasteiger partial charge in [-0.1, -0.05) is 56.3 Å². The van der Waals surface area contributed by atoms with E-state index in [9.17, 15) is 4.79 Å². The third-order valence-corrected chi connectivity index (χ3v) is 4.97. The highest BCUT2D eigenvalue weighted by molar-refractivity contribution is 5.96. The molecule has 0 N–H and O–H groups in total. The standard InChI is InChI=1S/C21H29NO/c1-5-20(23)21(6-2,15-10-16-22(3)4)19-14-9-12-17-11-7-8-13-18(17)19/h7-9,11-14H,5-6,10,15-16H2,1-4H3. The normalized spacial score (nSPS) is 14.1. The van der Waals surface area contributed by atoms with Crippen molar-refractivity contribution in [2.45, 2.75) is 44.9 Å². The maximum absolute atomic E-state index is 13.0. The van der Waals surface area contributed by atoms with Crippen LogP contribution in [0.4, 0.5) is 0 Å². The Hall–Kier alpha value is -1.67. The largest absolute Gasteiger partial charge is 0.309 e. The lowest BCUT2D eigenvalue weighted by molar-refractivity contribution is -0.124. The van der Waals surface area contributed by atoms with Gasteiger partial charge in [-0.05, 0) is 56.2 Å². The summed E-state index contributed by atoms with van der Waals surface area (Å²) in [7, 11) is 4.18. The SMILES string of the molecule is CCC(=O)C(CC)(CCCN(C)C)c1cccc2ccccc12. The summed E-state index contributed by atoms with van der Waals surface area (Å²) in [5.74, 6) is 0.370. The molecule has 0 spiro atoms. The predicted molar refractivity (Wildman–Crippen MR) is 99.0 cm³/mol. The molecule has 2 aromatic carbocycles. The molecule has 0 saturated carbocycles. The van der Waals surface area contributed by atoms with Gasteiger partial charge in [0.15, 0.2) is 0 Å². The van der Waals surface area contributed by atoms with Crippen LogP contribution in [0.15, 0.2) is 42.5 Å². The predicted octanol–water partition coefficient (Wildman–Crippen LogP) is 4.81. The van der Waals surface area contributed by atoms with Gasteiger partial charge in [0.2, 0.25) is 0 Å². The molecule has 0 aliphatic heterocycles. The fourth-order valence-corrected chi connectivity index (χ4v) is 3.67. The molecule has 1 atom stereocenters. The summed E-state index contributed by atoms with van der Waals surface area (Å²) in [5, 5.41) is 2.45. The molecule has 0 bridgehead atoms. The summed E-state index contributed by atoms with van der Waals surface area (Å²) in [6.07, 6.45) is 3.41. The molecule has 2 nitrogen and oxygen atoms in total. The summed E-state index contributed by atoms with van der Waals surface area (Å²) in [4.78, 5) is 15.2. The molecule has 0 aliphatic carbocycles. The van der Waals surface area contributed by atoms with Gasteiger partial charge in [0, 0.05) is 6.42 Å². The molecule has 0 heterocycles. The number of Topliss-reactive ketones (excluding diaryl/α,β-unsaturated/α-hetero) is 1. The van der Waals surface area contributed by atoms with E-state index in [1.807, 2.05) is 6.92 Å². The zero-order valence-electron chi connectivity index (χ0n) is 14.9. The quantitative estimate of drug-likeness (QED) is 0.697. The Labute approximate surface area is 140 Å². The lowest BCUT2D eigenvalue weighted by atomic mass is 9.69. The van der Waals surface area contributed by atoms with Crippen LogP contribution in [0.3, 0.4) is 0 Å². The van der Waals surface area contributed by atoms with Crippen molar-refractivity contribution in [1.82, 2.24) is 4.90 Å². The van der Waals surface area contributed by atoms with Gasteiger partial charge in [-0.15, -0.1) is 0 Å². The van der Waals surface area contributed by atoms with E-state index >= 15 is 0 Å². The van der Waals surface area contributed by atoms with E-state index in [0.717, 1.165) is 25.8 Å². The Morgan fingerprint density at radius 1 is 1.04 bits per heavy atom. The first-order chi connectivity index (χ1) is 11.0. The molecular weight excluding hydrogens is 282 g/mol. The van der Waals surface area contributed by atoms with E-state index in [1.54, 1.807) is 0 Å². The van der Waals surface area contributed by atoms with Crippen molar-refractivity contribution >= 4 is 16.6 Å². The van der Waals surface area contributed by atoms with E-state index in [4.69, 9.17) is 0 Å². The highest BCUT2D eigenvalue weighted by atomic mass is 16.1. The van der Waals surface area contributed by atoms with Gasteiger partial charge in [0.25, 0.3) is 0 Å². The lowest BCUT2D eigenvalue weighted by Gasteiger charge is -2.33. The summed E-state index contributed by atoms with van der Waals surface area (Å²) in [5.41, 5.74) is 0.856. The Morgan fingerprint density at radius 3 is 2.39 bits per heavy atom. The maximum atomic E-state index is 13.0. The van der Waals surface area contributed by atoms with E-state index in [2.05, 4.69) is 68.4 Å². The van der Waals surface area contributed by atoms with Crippen molar-refractivity contribution in [1.29, 1.82) is 0 Å². The van der Waals surface area contributed by atoms with E-state index in [1.165, 1.54) is 16.3 Å². The first-order valence-corrected chi connectivity index (χ1v) is 8.71. The topological polar surface area (TPSA) is 20.3 Å². The average Bonchev–Trinajstić information content (AvgIpc) is 2.57. The summed E-state index contributed by atoms with van der Waals surface area (Å²) in [6, 6.07) is 14.8. The van der Waals surface area contributed by atoms with Crippen molar-refractivity contribution in [3.8, 4) is 0 Å². The van der Waals surface area contributed by atoms with Gasteiger partial charge in [-0.3, -0.25) is 4.79 Å². The molecule has 0 aromatic heterocycles. The lowest BCUT2D eigenvalue weighted by Crippen LogP contribution is -2.36. The summed E-state index contributed by atoms with van der Waals surface area (Å²) >= 11 is 0. The minimum atomic E-state index is -0.356. The van der Waals surface area contributed by atoms with Crippen LogP contribution in [0.5, 0.6) is 0 Å². The minimum Gasteiger partial charge on any atom is -0.309 e. The molecule has 0 fully saturated rings. The molecule has 0 amide bonds. The second-order valence-electron chi connectivity index (χ2n) is 6.65. The molecule has 2 heteroatoms. The number of carbonyl (C=O) groups is 1. The van der Waals surface area contributed by atoms with Gasteiger partial charge >= 0.3 is 0 Å². The molecule has 2 rings (SSSR count). The highest BCUT2D eigenvalue weighted by Gasteiger charge is 2.37. The number of hydrogen-bond donors (Lipinski definition) is 0. The van der Waals surface area contributed by atoms with Crippen LogP contribution in [-0.4, -0.2) is 31.3 Å². The van der Waals surface area contributed by atoms with E-state index in [-0.39, 0.29) is 5.41 Å². The van der Waals surface area contributed by atoms with Gasteiger partial charge in [0.1, 0.15) is 5.78 Å². The van der Waals surface area contributed by atoms with Crippen LogP contribution in [0.25, 0.3) is 10.8 Å². The van der Waals surface area contributed by atoms with Crippen LogP contribution in [0, 0.1) is 0 Å². The fraction of sp³-hybridized carbons (Fsp3) is 0.476. The number of carbonyl (C=O) groups excluding carboxylic acids is 1. The van der Waals surface area contributed by atoms with Gasteiger partial charge in [-0.25, -0.2) is 0 Å². The zero-order chi connectivity index (χ0) is 16.9. The first kappa shape index (κ1) is 17.7. The minimum absolute atomic E-state index is 0.356. The smallest absolute Gasteiger partial charge is 0.143 e. The molecule has 1 unspecified atom stereocenters. The van der Waals surface area contributed by atoms with Crippen LogP contribution in [-0.2, 0) is 10.2 Å². The van der Waals surface area contributed by atoms with Gasteiger partial charge in [0.05, 0.1) is 5.41 Å². The van der Waals surface area contributed by atoms with Crippen LogP contribution >= 0.6 is 0 Å². The Balaban J connectivity index is 2.52. The Morgan fingerprint density at radius 2 is 1.74 bits per heavy atom. The second-order valence-corrected chi connectivity index (χ2v) is 6.65. The van der Waals surface area contributed by atoms with Crippen LogP contribution < -0.4 is 0 Å². The number of fused-ring (bicyclic) bond motifs is 1. The second kappa shape index (κ2) is 7.74. The van der Waals surface area contributed by atoms with E-state index in [0.29, 0.717) is 12.2 Å². The highest BCUT2D eigenvalue weighted by Crippen LogP contribution is 2.39. The fourth-order valence-electron chi connectivity index (χ4n) is 3.67. The molecule has 23 heavy (non-hydrogen) atoms. The number of ketones is 1. The molecule has 124 valence electrons. The summed E-state index contributed by atoms with van der Waals surface area (Å²) < 4.78 is 0. The van der Waals surface area contributed by atoms with E-state index < -0.39 is 0 Å².